The van der Waals surface area contributed by atoms with Crippen LogP contribution < -0.4 is 5.43 Å². The third-order valence-electron chi connectivity index (χ3n) is 2.71. The van der Waals surface area contributed by atoms with E-state index in [0.717, 1.165) is 16.8 Å². The minimum Gasteiger partial charge on any atom is -0.380 e. The van der Waals surface area contributed by atoms with Crippen molar-refractivity contribution in [2.75, 3.05) is 12.5 Å². The topological polar surface area (TPSA) is 83.2 Å². The summed E-state index contributed by atoms with van der Waals surface area (Å²) in [6.07, 6.45) is 5.00. The number of aryl methyl sites for hydroxylation is 1. The van der Waals surface area contributed by atoms with E-state index in [2.05, 4.69) is 26.6 Å². The highest BCUT2D eigenvalue weighted by Gasteiger charge is 2.10. The Labute approximate surface area is 123 Å². The molecule has 0 spiro atoms. The maximum atomic E-state index is 9.29. The van der Waals surface area contributed by atoms with E-state index in [4.69, 9.17) is 4.74 Å². The zero-order chi connectivity index (χ0) is 15.1. The lowest BCUT2D eigenvalue weighted by Gasteiger charge is -2.09. The van der Waals surface area contributed by atoms with E-state index in [1.807, 2.05) is 25.1 Å². The smallest absolute Gasteiger partial charge is 0.164 e. The predicted octanol–water partition coefficient (Wildman–Crippen LogP) is 2.25. The fourth-order valence-corrected chi connectivity index (χ4v) is 1.84. The van der Waals surface area contributed by atoms with Gasteiger partial charge in [-0.25, -0.2) is 4.98 Å². The molecule has 0 radical (unpaired) electrons. The van der Waals surface area contributed by atoms with Crippen molar-refractivity contribution in [3.8, 4) is 6.07 Å². The minimum atomic E-state index is 0.354. The molecule has 21 heavy (non-hydrogen) atoms. The SMILES string of the molecule is COCc1cc(C)nc(NN=Cc2cccnc2)c1C#N. The maximum absolute atomic E-state index is 9.29. The molecule has 2 aromatic heterocycles. The number of aromatic nitrogens is 2. The van der Waals surface area contributed by atoms with Crippen LogP contribution in [0.15, 0.2) is 35.7 Å². The second-order valence-electron chi connectivity index (χ2n) is 4.35. The molecule has 0 amide bonds. The number of ether oxygens (including phenoxy) is 1. The molecule has 2 aromatic rings. The average molecular weight is 281 g/mol. The average Bonchev–Trinajstić information content (AvgIpc) is 2.48. The summed E-state index contributed by atoms with van der Waals surface area (Å²) in [6.45, 7) is 2.21. The van der Waals surface area contributed by atoms with Gasteiger partial charge in [0, 0.05) is 36.3 Å². The summed E-state index contributed by atoms with van der Waals surface area (Å²) in [5, 5.41) is 13.4. The molecule has 1 N–H and O–H groups in total. The zero-order valence-corrected chi connectivity index (χ0v) is 11.9. The first-order chi connectivity index (χ1) is 10.2. The molecule has 0 aromatic carbocycles. The Balaban J connectivity index is 2.23. The quantitative estimate of drug-likeness (QED) is 0.671. The molecule has 0 atom stereocenters. The second-order valence-corrected chi connectivity index (χ2v) is 4.35. The van der Waals surface area contributed by atoms with Crippen molar-refractivity contribution in [1.82, 2.24) is 9.97 Å². The van der Waals surface area contributed by atoms with Crippen LogP contribution in [0.4, 0.5) is 5.82 Å². The Morgan fingerprint density at radius 1 is 1.52 bits per heavy atom. The van der Waals surface area contributed by atoms with E-state index in [9.17, 15) is 5.26 Å². The van der Waals surface area contributed by atoms with E-state index < -0.39 is 0 Å². The van der Waals surface area contributed by atoms with Gasteiger partial charge in [-0.15, -0.1) is 0 Å². The molecule has 0 saturated carbocycles. The van der Waals surface area contributed by atoms with Gasteiger partial charge in [-0.1, -0.05) is 6.07 Å². The summed E-state index contributed by atoms with van der Waals surface area (Å²) in [6, 6.07) is 7.67. The van der Waals surface area contributed by atoms with Gasteiger partial charge in [0.05, 0.1) is 12.8 Å². The van der Waals surface area contributed by atoms with Gasteiger partial charge in [0.25, 0.3) is 0 Å². The summed E-state index contributed by atoms with van der Waals surface area (Å²) in [7, 11) is 1.59. The van der Waals surface area contributed by atoms with Crippen LogP contribution in [0.3, 0.4) is 0 Å². The minimum absolute atomic E-state index is 0.354. The number of pyridine rings is 2. The van der Waals surface area contributed by atoms with Crippen LogP contribution in [0.2, 0.25) is 0 Å². The number of rotatable bonds is 5. The molecule has 2 rings (SSSR count). The number of hydrogen-bond acceptors (Lipinski definition) is 6. The zero-order valence-electron chi connectivity index (χ0n) is 11.9. The molecule has 6 heteroatoms. The Morgan fingerprint density at radius 3 is 3.05 bits per heavy atom. The first-order valence-electron chi connectivity index (χ1n) is 6.33. The van der Waals surface area contributed by atoms with Crippen molar-refractivity contribution in [3.63, 3.8) is 0 Å². The molecular weight excluding hydrogens is 266 g/mol. The molecule has 0 unspecified atom stereocenters. The Kier molecular flexibility index (Phi) is 4.96. The molecular formula is C15H15N5O. The molecule has 2 heterocycles. The molecule has 0 fully saturated rings. The van der Waals surface area contributed by atoms with Gasteiger partial charge >= 0.3 is 0 Å². The third kappa shape index (κ3) is 3.84. The molecule has 0 aliphatic carbocycles. The van der Waals surface area contributed by atoms with Crippen molar-refractivity contribution >= 4 is 12.0 Å². The molecule has 106 valence electrons. The number of nitrogens with zero attached hydrogens (tertiary/aromatic N) is 4. The molecule has 0 aliphatic rings. The van der Waals surface area contributed by atoms with Gasteiger partial charge in [-0.3, -0.25) is 10.4 Å². The van der Waals surface area contributed by atoms with E-state index >= 15 is 0 Å². The van der Waals surface area contributed by atoms with Crippen LogP contribution in [0.1, 0.15) is 22.4 Å². The van der Waals surface area contributed by atoms with Crippen molar-refractivity contribution in [2.45, 2.75) is 13.5 Å². The van der Waals surface area contributed by atoms with Crippen LogP contribution >= 0.6 is 0 Å². The first kappa shape index (κ1) is 14.6. The highest BCUT2D eigenvalue weighted by Crippen LogP contribution is 2.19. The van der Waals surface area contributed by atoms with Crippen LogP contribution in [0, 0.1) is 18.3 Å². The van der Waals surface area contributed by atoms with E-state index in [-0.39, 0.29) is 0 Å². The van der Waals surface area contributed by atoms with Gasteiger partial charge in [0.1, 0.15) is 11.6 Å². The van der Waals surface area contributed by atoms with Crippen molar-refractivity contribution in [3.05, 3.63) is 53.0 Å². The number of nitriles is 1. The molecule has 0 aliphatic heterocycles. The van der Waals surface area contributed by atoms with Gasteiger partial charge in [0.15, 0.2) is 5.82 Å². The monoisotopic (exact) mass is 281 g/mol. The third-order valence-corrected chi connectivity index (χ3v) is 2.71. The number of anilines is 1. The Morgan fingerprint density at radius 2 is 2.38 bits per heavy atom. The van der Waals surface area contributed by atoms with Crippen molar-refractivity contribution < 1.29 is 4.74 Å². The predicted molar refractivity (Wildman–Crippen MR) is 79.9 cm³/mol. The second kappa shape index (κ2) is 7.12. The van der Waals surface area contributed by atoms with Crippen LogP contribution in [-0.4, -0.2) is 23.3 Å². The van der Waals surface area contributed by atoms with Gasteiger partial charge in [0.2, 0.25) is 0 Å². The molecule has 0 saturated heterocycles. The van der Waals surface area contributed by atoms with E-state index in [1.54, 1.807) is 25.7 Å². The van der Waals surface area contributed by atoms with Gasteiger partial charge in [-0.05, 0) is 19.1 Å². The van der Waals surface area contributed by atoms with Gasteiger partial charge < -0.3 is 4.74 Å². The summed E-state index contributed by atoms with van der Waals surface area (Å²) < 4.78 is 5.10. The van der Waals surface area contributed by atoms with Crippen molar-refractivity contribution in [2.24, 2.45) is 5.10 Å². The number of hydrogen-bond donors (Lipinski definition) is 1. The normalized spacial score (nSPS) is 10.5. The summed E-state index contributed by atoms with van der Waals surface area (Å²) in [5.41, 5.74) is 5.67. The highest BCUT2D eigenvalue weighted by molar-refractivity contribution is 5.79. The summed E-state index contributed by atoms with van der Waals surface area (Å²) in [5.74, 6) is 0.421. The molecule has 0 bridgehead atoms. The Hall–Kier alpha value is -2.78. The lowest BCUT2D eigenvalue weighted by Crippen LogP contribution is -2.03. The van der Waals surface area contributed by atoms with Crippen LogP contribution in [0.5, 0.6) is 0 Å². The van der Waals surface area contributed by atoms with Crippen LogP contribution in [0.25, 0.3) is 0 Å². The fourth-order valence-electron chi connectivity index (χ4n) is 1.84. The standard InChI is InChI=1S/C15H15N5O/c1-11-6-13(10-21-2)14(7-16)15(19-11)20-18-9-12-4-3-5-17-8-12/h3-6,8-9H,10H2,1-2H3,(H,19,20). The first-order valence-corrected chi connectivity index (χ1v) is 6.33. The Bertz CT molecular complexity index is 676. The summed E-state index contributed by atoms with van der Waals surface area (Å²) in [4.78, 5) is 8.29. The lowest BCUT2D eigenvalue weighted by molar-refractivity contribution is 0.184. The number of hydrazone groups is 1. The maximum Gasteiger partial charge on any atom is 0.164 e. The lowest BCUT2D eigenvalue weighted by atomic mass is 10.1. The highest BCUT2D eigenvalue weighted by atomic mass is 16.5. The van der Waals surface area contributed by atoms with E-state index in [0.29, 0.717) is 18.0 Å². The largest absolute Gasteiger partial charge is 0.380 e. The number of nitrogens with one attached hydrogen (secondary N) is 1. The summed E-state index contributed by atoms with van der Waals surface area (Å²) >= 11 is 0. The van der Waals surface area contributed by atoms with E-state index in [1.165, 1.54) is 0 Å². The van der Waals surface area contributed by atoms with Gasteiger partial charge in [-0.2, -0.15) is 10.4 Å². The van der Waals surface area contributed by atoms with Crippen molar-refractivity contribution in [1.29, 1.82) is 5.26 Å². The van der Waals surface area contributed by atoms with Crippen LogP contribution in [-0.2, 0) is 11.3 Å². The number of methoxy groups -OCH3 is 1. The fraction of sp³-hybridized carbons (Fsp3) is 0.200. The molecule has 6 nitrogen and oxygen atoms in total.